The van der Waals surface area contributed by atoms with Crippen LogP contribution >= 0.6 is 0 Å². The molecule has 3 N–H and O–H groups in total. The van der Waals surface area contributed by atoms with Gasteiger partial charge in [-0.25, -0.2) is 0 Å². The Balaban J connectivity index is 1.37. The average molecular weight is 710 g/mol. The Bertz CT molecular complexity index is 2210. The maximum Gasteiger partial charge on any atom is 0.488 e. The number of ether oxygens (including phenoxy) is 2. The highest BCUT2D eigenvalue weighted by molar-refractivity contribution is 6.58. The highest BCUT2D eigenvalue weighted by Gasteiger charge is 2.66. The smallest absolute Gasteiger partial charge is 0.488 e. The second kappa shape index (κ2) is 13.0. The second-order valence-electron chi connectivity index (χ2n) is 14.0. The third kappa shape index (κ3) is 5.09. The Labute approximate surface area is 306 Å². The number of benzene rings is 4. The number of ketones is 2. The minimum Gasteiger partial charge on any atom is -0.502 e. The van der Waals surface area contributed by atoms with Gasteiger partial charge in [-0.1, -0.05) is 84.4 Å². The van der Waals surface area contributed by atoms with Gasteiger partial charge in [0, 0.05) is 17.4 Å². The van der Waals surface area contributed by atoms with E-state index in [0.29, 0.717) is 16.7 Å². The number of methoxy groups -OCH3 is 2. The minimum absolute atomic E-state index is 0.106. The molecule has 4 aliphatic rings. The van der Waals surface area contributed by atoms with Crippen LogP contribution < -0.4 is 19.8 Å². The number of phenols is 1. The van der Waals surface area contributed by atoms with Crippen molar-refractivity contribution in [3.63, 3.8) is 0 Å². The van der Waals surface area contributed by atoms with Gasteiger partial charge in [0.15, 0.2) is 23.1 Å². The van der Waals surface area contributed by atoms with Crippen LogP contribution in [-0.4, -0.2) is 59.9 Å². The molecule has 1 saturated carbocycles. The van der Waals surface area contributed by atoms with E-state index in [1.165, 1.54) is 32.4 Å². The van der Waals surface area contributed by atoms with Crippen LogP contribution in [0.1, 0.15) is 35.4 Å². The fraction of sp³-hybridized carbons (Fsp3) is 0.238. The minimum atomic E-state index is -1.80. The van der Waals surface area contributed by atoms with Crippen molar-refractivity contribution in [3.05, 3.63) is 131 Å². The van der Waals surface area contributed by atoms with E-state index in [-0.39, 0.29) is 58.4 Å². The molecular weight excluding hydrogens is 673 g/mol. The molecule has 4 aromatic rings. The lowest BCUT2D eigenvalue weighted by molar-refractivity contribution is -0.135. The lowest BCUT2D eigenvalue weighted by atomic mass is 9.44. The third-order valence-electron chi connectivity index (χ3n) is 11.6. The number of carbonyl (C=O) groups excluding carboxylic acids is 4. The molecule has 2 fully saturated rings. The number of hydrogen-bond acceptors (Lipinski definition) is 9. The molecule has 6 unspecified atom stereocenters. The number of aromatic hydroxyl groups is 1. The molecule has 11 heteroatoms. The van der Waals surface area contributed by atoms with Gasteiger partial charge in [0.25, 0.3) is 0 Å². The summed E-state index contributed by atoms with van der Waals surface area (Å²) in [7, 11) is 1.02. The zero-order chi connectivity index (χ0) is 37.2. The number of nitrogens with zero attached hydrogens (tertiary/aromatic N) is 1. The van der Waals surface area contributed by atoms with Crippen molar-refractivity contribution in [2.45, 2.75) is 24.2 Å². The number of phenolic OH excluding ortho intramolecular Hbond substituents is 1. The largest absolute Gasteiger partial charge is 0.502 e. The quantitative estimate of drug-likeness (QED) is 0.146. The predicted octanol–water partition coefficient (Wildman–Crippen LogP) is 4.12. The van der Waals surface area contributed by atoms with Crippen LogP contribution in [0.15, 0.2) is 115 Å². The van der Waals surface area contributed by atoms with Gasteiger partial charge >= 0.3 is 7.12 Å². The zero-order valence-electron chi connectivity index (χ0n) is 29.0. The van der Waals surface area contributed by atoms with Gasteiger partial charge in [0.1, 0.15) is 0 Å². The summed E-state index contributed by atoms with van der Waals surface area (Å²) in [5.74, 6) is -5.46. The van der Waals surface area contributed by atoms with Gasteiger partial charge in [-0.2, -0.15) is 0 Å². The Morgan fingerprint density at radius 3 is 2.09 bits per heavy atom. The standard InChI is InChI=1S/C42H36BNO9/c1-52-33-18-24(19-34(53-2)39(33)47)37-28-16-17-29-36(41(49)44(40(29)48)27-15-9-14-26(20-27)43(50)51)31(28)21-32-38(46)30(23-10-5-3-6-11-23)22-35(45)42(32,37)25-12-7-4-8-13-25/h3-16,18-20,22,29,31-32,36-37,47,50-51H,17,21H2,1-2H3. The summed E-state index contributed by atoms with van der Waals surface area (Å²) in [6.45, 7) is 0. The summed E-state index contributed by atoms with van der Waals surface area (Å²) in [5.41, 5.74) is 1.65. The zero-order valence-corrected chi connectivity index (χ0v) is 29.0. The van der Waals surface area contributed by atoms with Crippen molar-refractivity contribution in [2.24, 2.45) is 23.7 Å². The van der Waals surface area contributed by atoms with E-state index < -0.39 is 53.9 Å². The van der Waals surface area contributed by atoms with Crippen LogP contribution in [0, 0.1) is 23.7 Å². The van der Waals surface area contributed by atoms with Gasteiger partial charge in [-0.05, 0) is 71.3 Å². The van der Waals surface area contributed by atoms with Gasteiger partial charge in [0.2, 0.25) is 17.6 Å². The van der Waals surface area contributed by atoms with Crippen LogP contribution in [0.4, 0.5) is 5.69 Å². The highest BCUT2D eigenvalue weighted by atomic mass is 16.5. The molecular formula is C42H36BNO9. The monoisotopic (exact) mass is 709 g/mol. The number of allylic oxidation sites excluding steroid dienone is 4. The molecule has 10 nitrogen and oxygen atoms in total. The summed E-state index contributed by atoms with van der Waals surface area (Å²) in [4.78, 5) is 60.3. The fourth-order valence-corrected chi connectivity index (χ4v) is 9.41. The molecule has 0 radical (unpaired) electrons. The van der Waals surface area contributed by atoms with Crippen molar-refractivity contribution >= 4 is 47.2 Å². The number of amides is 2. The SMILES string of the molecule is COc1cc(C2C3=CCC4C(=O)N(c5cccc(B(O)O)c5)C(=O)C4C3CC3C(=O)C(c4ccccc4)=CC(=O)C32c2ccccc2)cc(OC)c1O. The Kier molecular flexibility index (Phi) is 8.43. The first-order valence-corrected chi connectivity index (χ1v) is 17.5. The summed E-state index contributed by atoms with van der Waals surface area (Å²) >= 11 is 0. The number of fused-ring (bicyclic) bond motifs is 4. The summed E-state index contributed by atoms with van der Waals surface area (Å²) < 4.78 is 11.2. The second-order valence-corrected chi connectivity index (χ2v) is 14.0. The van der Waals surface area contributed by atoms with E-state index in [9.17, 15) is 24.7 Å². The average Bonchev–Trinajstić information content (AvgIpc) is 3.44. The summed E-state index contributed by atoms with van der Waals surface area (Å²) in [6.07, 6.45) is 3.71. The van der Waals surface area contributed by atoms with Crippen molar-refractivity contribution in [2.75, 3.05) is 19.1 Å². The molecule has 0 spiro atoms. The number of Topliss-reactive ketones (excluding diaryl/α,β-unsaturated/α-hetero) is 1. The van der Waals surface area contributed by atoms with Crippen LogP contribution in [0.5, 0.6) is 17.2 Å². The van der Waals surface area contributed by atoms with Crippen LogP contribution in [0.2, 0.25) is 0 Å². The first kappa shape index (κ1) is 34.3. The van der Waals surface area contributed by atoms with Gasteiger partial charge < -0.3 is 24.6 Å². The van der Waals surface area contributed by atoms with Gasteiger partial charge in [-0.3, -0.25) is 24.1 Å². The number of imide groups is 1. The molecule has 266 valence electrons. The van der Waals surface area contributed by atoms with Crippen LogP contribution in [0.25, 0.3) is 5.57 Å². The van der Waals surface area contributed by atoms with Crippen LogP contribution in [0.3, 0.4) is 0 Å². The third-order valence-corrected chi connectivity index (χ3v) is 11.6. The van der Waals surface area contributed by atoms with E-state index in [1.54, 1.807) is 48.5 Å². The normalized spacial score (nSPS) is 26.3. The maximum atomic E-state index is 15.2. The van der Waals surface area contributed by atoms with E-state index >= 15 is 9.59 Å². The van der Waals surface area contributed by atoms with Crippen LogP contribution in [-0.2, 0) is 24.6 Å². The molecule has 1 heterocycles. The lowest BCUT2D eigenvalue weighted by Gasteiger charge is -2.55. The molecule has 0 aromatic heterocycles. The molecule has 3 aliphatic carbocycles. The van der Waals surface area contributed by atoms with E-state index in [2.05, 4.69) is 0 Å². The molecule has 2 amide bonds. The van der Waals surface area contributed by atoms with Gasteiger partial charge in [0.05, 0.1) is 37.2 Å². The number of carbonyl (C=O) groups is 4. The van der Waals surface area contributed by atoms with E-state index in [1.807, 2.05) is 42.5 Å². The first-order chi connectivity index (χ1) is 25.6. The Morgan fingerprint density at radius 1 is 0.792 bits per heavy atom. The summed E-state index contributed by atoms with van der Waals surface area (Å²) in [6, 6.07) is 27.5. The Morgan fingerprint density at radius 2 is 1.45 bits per heavy atom. The lowest BCUT2D eigenvalue weighted by Crippen LogP contribution is -2.58. The predicted molar refractivity (Wildman–Crippen MR) is 197 cm³/mol. The molecule has 4 aromatic carbocycles. The van der Waals surface area contributed by atoms with Crippen molar-refractivity contribution in [1.82, 2.24) is 0 Å². The Hall–Kier alpha value is -5.78. The molecule has 6 atom stereocenters. The number of rotatable bonds is 7. The highest BCUT2D eigenvalue weighted by Crippen LogP contribution is 2.64. The van der Waals surface area contributed by atoms with E-state index in [0.717, 1.165) is 10.5 Å². The number of anilines is 1. The van der Waals surface area contributed by atoms with Crippen molar-refractivity contribution in [3.8, 4) is 17.2 Å². The van der Waals surface area contributed by atoms with E-state index in [4.69, 9.17) is 9.47 Å². The fourth-order valence-electron chi connectivity index (χ4n) is 9.41. The molecule has 1 aliphatic heterocycles. The molecule has 8 rings (SSSR count). The molecule has 1 saturated heterocycles. The topological polar surface area (TPSA) is 151 Å². The number of hydrogen-bond donors (Lipinski definition) is 3. The maximum absolute atomic E-state index is 15.2. The molecule has 0 bridgehead atoms. The summed E-state index contributed by atoms with van der Waals surface area (Å²) in [5, 5.41) is 30.7. The van der Waals surface area contributed by atoms with Crippen molar-refractivity contribution < 1.29 is 43.8 Å². The van der Waals surface area contributed by atoms with Crippen molar-refractivity contribution in [1.29, 1.82) is 0 Å². The molecule has 53 heavy (non-hydrogen) atoms. The van der Waals surface area contributed by atoms with Gasteiger partial charge in [-0.15, -0.1) is 0 Å². The first-order valence-electron chi connectivity index (χ1n) is 17.5.